The molecule has 3 amide bonds. The molecule has 2 aliphatic rings. The fourth-order valence-electron chi connectivity index (χ4n) is 5.54. The first-order valence-electron chi connectivity index (χ1n) is 13.5. The van der Waals surface area contributed by atoms with Gasteiger partial charge < -0.3 is 30.3 Å². The molecule has 3 atom stereocenters. The Morgan fingerprint density at radius 3 is 2.68 bits per heavy atom. The van der Waals surface area contributed by atoms with E-state index >= 15 is 4.39 Å². The van der Waals surface area contributed by atoms with Crippen LogP contribution >= 0.6 is 11.6 Å². The largest absolute Gasteiger partial charge is 0.453 e. The SMILES string of the molecule is CNC[C@H](C[C@H]1CC[C@H](F)CC1)NC(=O)N1CCC[C@@H]([C@@H](OCCNC(=O)OC)c2cccc(Cl)c2F)C1. The molecule has 0 radical (unpaired) electrons. The van der Waals surface area contributed by atoms with Crippen molar-refractivity contribution in [1.29, 1.82) is 0 Å². The number of ether oxygens (including phenoxy) is 2. The maximum absolute atomic E-state index is 15.0. The van der Waals surface area contributed by atoms with Crippen LogP contribution in [0.25, 0.3) is 0 Å². The zero-order chi connectivity index (χ0) is 27.5. The number of benzene rings is 1. The minimum atomic E-state index is -0.704. The fraction of sp³-hybridized carbons (Fsp3) is 0.704. The second-order valence-corrected chi connectivity index (χ2v) is 10.7. The molecule has 3 rings (SSSR count). The number of urea groups is 1. The first-order chi connectivity index (χ1) is 18.3. The van der Waals surface area contributed by atoms with E-state index in [1.807, 2.05) is 7.05 Å². The Morgan fingerprint density at radius 1 is 1.21 bits per heavy atom. The Balaban J connectivity index is 1.65. The molecule has 1 heterocycles. The van der Waals surface area contributed by atoms with Gasteiger partial charge in [0.1, 0.15) is 12.0 Å². The number of nitrogens with one attached hydrogen (secondary N) is 3. The number of hydrogen-bond acceptors (Lipinski definition) is 5. The van der Waals surface area contributed by atoms with E-state index in [1.165, 1.54) is 13.2 Å². The van der Waals surface area contributed by atoms with Gasteiger partial charge in [-0.05, 0) is 64.0 Å². The van der Waals surface area contributed by atoms with Gasteiger partial charge in [0.15, 0.2) is 0 Å². The van der Waals surface area contributed by atoms with E-state index in [-0.39, 0.29) is 36.2 Å². The van der Waals surface area contributed by atoms with Crippen molar-refractivity contribution >= 4 is 23.7 Å². The number of rotatable bonds is 11. The van der Waals surface area contributed by atoms with E-state index in [0.717, 1.165) is 32.1 Å². The summed E-state index contributed by atoms with van der Waals surface area (Å²) in [6, 6.07) is 4.59. The molecule has 0 unspecified atom stereocenters. The first kappa shape index (κ1) is 30.4. The molecule has 2 fully saturated rings. The van der Waals surface area contributed by atoms with E-state index in [9.17, 15) is 14.0 Å². The molecule has 1 aliphatic carbocycles. The zero-order valence-electron chi connectivity index (χ0n) is 22.3. The predicted molar refractivity (Wildman–Crippen MR) is 143 cm³/mol. The molecule has 0 aromatic heterocycles. The lowest BCUT2D eigenvalue weighted by Crippen LogP contribution is -2.52. The quantitative estimate of drug-likeness (QED) is 0.339. The summed E-state index contributed by atoms with van der Waals surface area (Å²) in [7, 11) is 3.13. The number of amides is 3. The Labute approximate surface area is 229 Å². The molecule has 11 heteroatoms. The predicted octanol–water partition coefficient (Wildman–Crippen LogP) is 4.82. The van der Waals surface area contributed by atoms with Crippen LogP contribution in [0.4, 0.5) is 18.4 Å². The molecule has 1 saturated heterocycles. The molecule has 214 valence electrons. The number of carbonyl (C=O) groups excluding carboxylic acids is 2. The number of likely N-dealkylation sites (N-methyl/N-ethyl adjacent to an activating group) is 1. The minimum Gasteiger partial charge on any atom is -0.453 e. The van der Waals surface area contributed by atoms with Crippen molar-refractivity contribution in [3.8, 4) is 0 Å². The van der Waals surface area contributed by atoms with Gasteiger partial charge in [0.2, 0.25) is 0 Å². The van der Waals surface area contributed by atoms with Crippen LogP contribution in [0.5, 0.6) is 0 Å². The molecule has 1 saturated carbocycles. The van der Waals surface area contributed by atoms with Crippen LogP contribution in [0.2, 0.25) is 5.02 Å². The lowest BCUT2D eigenvalue weighted by molar-refractivity contribution is -0.0106. The molecule has 3 N–H and O–H groups in total. The Bertz CT molecular complexity index is 904. The van der Waals surface area contributed by atoms with Gasteiger partial charge in [-0.2, -0.15) is 0 Å². The highest BCUT2D eigenvalue weighted by molar-refractivity contribution is 6.30. The summed E-state index contributed by atoms with van der Waals surface area (Å²) < 4.78 is 39.3. The molecular weight excluding hydrogens is 518 g/mol. The molecule has 1 aliphatic heterocycles. The van der Waals surface area contributed by atoms with Crippen molar-refractivity contribution in [3.05, 3.63) is 34.6 Å². The smallest absolute Gasteiger partial charge is 0.406 e. The van der Waals surface area contributed by atoms with Crippen molar-refractivity contribution in [1.82, 2.24) is 20.9 Å². The standard InChI is InChI=1S/C27H41ClF2N4O4/c1-31-16-21(15-18-8-10-20(29)11-9-18)33-26(35)34-13-4-5-19(17-34)25(38-14-12-32-27(36)37-2)22-6-3-7-23(28)24(22)30/h3,6-7,18-21,25,31H,4-5,8-17H2,1-2H3,(H,32,36)(H,33,35)/t18-,19-,20-,21+,25-/m1/s1. The number of hydrogen-bond donors (Lipinski definition) is 3. The van der Waals surface area contributed by atoms with Gasteiger partial charge in [0, 0.05) is 43.7 Å². The van der Waals surface area contributed by atoms with Gasteiger partial charge in [0.05, 0.1) is 24.8 Å². The number of methoxy groups -OCH3 is 1. The number of alkyl halides is 1. The summed E-state index contributed by atoms with van der Waals surface area (Å²) in [5.74, 6) is -0.307. The van der Waals surface area contributed by atoms with Crippen LogP contribution in [0.1, 0.15) is 56.6 Å². The lowest BCUT2D eigenvalue weighted by Gasteiger charge is -2.38. The second-order valence-electron chi connectivity index (χ2n) is 10.3. The summed E-state index contributed by atoms with van der Waals surface area (Å²) in [6.45, 7) is 1.95. The number of carbonyl (C=O) groups is 2. The number of piperidine rings is 1. The highest BCUT2D eigenvalue weighted by Crippen LogP contribution is 2.36. The van der Waals surface area contributed by atoms with Crippen molar-refractivity contribution in [2.75, 3.05) is 46.9 Å². The van der Waals surface area contributed by atoms with Crippen LogP contribution in [0.3, 0.4) is 0 Å². The van der Waals surface area contributed by atoms with Crippen molar-refractivity contribution in [3.63, 3.8) is 0 Å². The molecule has 1 aromatic rings. The van der Waals surface area contributed by atoms with Crippen LogP contribution in [0.15, 0.2) is 18.2 Å². The lowest BCUT2D eigenvalue weighted by atomic mass is 9.84. The van der Waals surface area contributed by atoms with Gasteiger partial charge in [-0.3, -0.25) is 0 Å². The van der Waals surface area contributed by atoms with Gasteiger partial charge >= 0.3 is 12.1 Å². The van der Waals surface area contributed by atoms with E-state index in [1.54, 1.807) is 17.0 Å². The highest BCUT2D eigenvalue weighted by atomic mass is 35.5. The summed E-state index contributed by atoms with van der Waals surface area (Å²) in [6.07, 6.45) is 3.25. The molecule has 0 bridgehead atoms. The Hall–Kier alpha value is -2.17. The average molecular weight is 559 g/mol. The fourth-order valence-corrected chi connectivity index (χ4v) is 5.72. The van der Waals surface area contributed by atoms with E-state index < -0.39 is 24.2 Å². The maximum atomic E-state index is 15.0. The Kier molecular flexibility index (Phi) is 12.3. The van der Waals surface area contributed by atoms with E-state index in [4.69, 9.17) is 16.3 Å². The molecule has 1 aromatic carbocycles. The topological polar surface area (TPSA) is 91.9 Å². The second kappa shape index (κ2) is 15.4. The van der Waals surface area contributed by atoms with Gasteiger partial charge in [0.25, 0.3) is 0 Å². The zero-order valence-corrected chi connectivity index (χ0v) is 23.1. The van der Waals surface area contributed by atoms with Gasteiger partial charge in [-0.15, -0.1) is 0 Å². The van der Waals surface area contributed by atoms with Gasteiger partial charge in [-0.1, -0.05) is 23.7 Å². The number of likely N-dealkylation sites (tertiary alicyclic amines) is 1. The summed E-state index contributed by atoms with van der Waals surface area (Å²) >= 11 is 6.07. The Morgan fingerprint density at radius 2 is 1.97 bits per heavy atom. The normalized spacial score (nSPS) is 23.4. The van der Waals surface area contributed by atoms with Crippen molar-refractivity contribution in [2.45, 2.75) is 63.3 Å². The van der Waals surface area contributed by atoms with Crippen LogP contribution in [0, 0.1) is 17.7 Å². The average Bonchev–Trinajstić information content (AvgIpc) is 2.92. The molecule has 38 heavy (non-hydrogen) atoms. The minimum absolute atomic E-state index is 0.00546. The third kappa shape index (κ3) is 8.95. The van der Waals surface area contributed by atoms with Crippen molar-refractivity contribution < 1.29 is 27.8 Å². The van der Waals surface area contributed by atoms with E-state index in [0.29, 0.717) is 44.0 Å². The van der Waals surface area contributed by atoms with Crippen LogP contribution < -0.4 is 16.0 Å². The monoisotopic (exact) mass is 558 g/mol. The third-order valence-corrected chi connectivity index (χ3v) is 7.78. The van der Waals surface area contributed by atoms with Crippen molar-refractivity contribution in [2.24, 2.45) is 11.8 Å². The summed E-state index contributed by atoms with van der Waals surface area (Å²) in [5.41, 5.74) is 0.333. The van der Waals surface area contributed by atoms with Crippen LogP contribution in [-0.2, 0) is 9.47 Å². The van der Waals surface area contributed by atoms with E-state index in [2.05, 4.69) is 20.7 Å². The third-order valence-electron chi connectivity index (χ3n) is 7.49. The number of nitrogens with zero attached hydrogens (tertiary/aromatic N) is 1. The highest BCUT2D eigenvalue weighted by Gasteiger charge is 2.34. The summed E-state index contributed by atoms with van der Waals surface area (Å²) in [5, 5.41) is 8.89. The molecule has 0 spiro atoms. The first-order valence-corrected chi connectivity index (χ1v) is 13.9. The maximum Gasteiger partial charge on any atom is 0.406 e. The van der Waals surface area contributed by atoms with Gasteiger partial charge in [-0.25, -0.2) is 18.4 Å². The molecule has 8 nitrogen and oxygen atoms in total. The summed E-state index contributed by atoms with van der Waals surface area (Å²) in [4.78, 5) is 26.4. The number of alkyl carbamates (subject to hydrolysis) is 1. The molecular formula is C27H41ClF2N4O4. The van der Waals surface area contributed by atoms with Crippen LogP contribution in [-0.4, -0.2) is 76.2 Å². The number of halogens is 3.